The van der Waals surface area contributed by atoms with E-state index in [1.165, 1.54) is 18.4 Å². The molecule has 0 aliphatic carbocycles. The summed E-state index contributed by atoms with van der Waals surface area (Å²) in [6.45, 7) is 0. The maximum atomic E-state index is 12.0. The number of nitrogens with two attached hydrogens (primary N) is 1. The van der Waals surface area contributed by atoms with E-state index < -0.39 is 0 Å². The molecule has 1 aromatic heterocycles. The van der Waals surface area contributed by atoms with E-state index in [2.05, 4.69) is 26.2 Å². The van der Waals surface area contributed by atoms with Gasteiger partial charge in [0.15, 0.2) is 5.13 Å². The van der Waals surface area contributed by atoms with E-state index in [0.717, 1.165) is 3.79 Å². The summed E-state index contributed by atoms with van der Waals surface area (Å²) in [5.74, 6) is 0.267. The van der Waals surface area contributed by atoms with Crippen LogP contribution < -0.4 is 15.8 Å². The highest BCUT2D eigenvalue weighted by molar-refractivity contribution is 9.11. The number of methoxy groups -OCH3 is 1. The lowest BCUT2D eigenvalue weighted by Gasteiger charge is -2.06. The van der Waals surface area contributed by atoms with Crippen LogP contribution in [0.5, 0.6) is 5.75 Å². The molecule has 94 valence electrons. The van der Waals surface area contributed by atoms with Crippen LogP contribution in [-0.2, 0) is 0 Å². The van der Waals surface area contributed by atoms with E-state index in [4.69, 9.17) is 10.5 Å². The number of nitrogens with zero attached hydrogens (tertiary/aromatic N) is 1. The Morgan fingerprint density at radius 1 is 1.50 bits per heavy atom. The van der Waals surface area contributed by atoms with Crippen molar-refractivity contribution in [2.45, 2.75) is 0 Å². The average Bonchev–Trinajstić information content (AvgIpc) is 2.73. The van der Waals surface area contributed by atoms with Gasteiger partial charge in [-0.25, -0.2) is 4.98 Å². The maximum Gasteiger partial charge on any atom is 0.257 e. The summed E-state index contributed by atoms with van der Waals surface area (Å²) >= 11 is 4.61. The second-order valence-corrected chi connectivity index (χ2v) is 5.83. The first-order chi connectivity index (χ1) is 8.58. The molecule has 0 atom stereocenters. The number of anilines is 2. The van der Waals surface area contributed by atoms with Crippen LogP contribution in [0.3, 0.4) is 0 Å². The highest BCUT2D eigenvalue weighted by Gasteiger charge is 2.10. The predicted octanol–water partition coefficient (Wildman–Crippen LogP) is 2.75. The quantitative estimate of drug-likeness (QED) is 0.850. The average molecular weight is 328 g/mol. The van der Waals surface area contributed by atoms with Crippen molar-refractivity contribution >= 4 is 44.0 Å². The fourth-order valence-electron chi connectivity index (χ4n) is 1.35. The highest BCUT2D eigenvalue weighted by Crippen LogP contribution is 2.24. The van der Waals surface area contributed by atoms with Gasteiger partial charge < -0.3 is 10.5 Å². The van der Waals surface area contributed by atoms with E-state index in [1.54, 1.807) is 24.4 Å². The zero-order valence-electron chi connectivity index (χ0n) is 9.44. The van der Waals surface area contributed by atoms with Crippen LogP contribution in [0, 0.1) is 0 Å². The molecule has 0 saturated carbocycles. The van der Waals surface area contributed by atoms with Crippen LogP contribution in [0.2, 0.25) is 0 Å². The molecule has 5 nitrogen and oxygen atoms in total. The third-order valence-electron chi connectivity index (χ3n) is 2.12. The first-order valence-electron chi connectivity index (χ1n) is 4.95. The molecule has 0 bridgehead atoms. The molecule has 1 amide bonds. The van der Waals surface area contributed by atoms with Crippen molar-refractivity contribution in [1.82, 2.24) is 4.98 Å². The molecular formula is C11H10BrN3O2S. The number of halogens is 1. The second kappa shape index (κ2) is 5.36. The van der Waals surface area contributed by atoms with Gasteiger partial charge in [0.05, 0.1) is 17.1 Å². The van der Waals surface area contributed by atoms with Gasteiger partial charge in [0.2, 0.25) is 0 Å². The molecule has 0 aliphatic heterocycles. The molecule has 0 saturated heterocycles. The Bertz CT molecular complexity index is 585. The van der Waals surface area contributed by atoms with E-state index in [-0.39, 0.29) is 5.91 Å². The lowest BCUT2D eigenvalue weighted by atomic mass is 10.2. The van der Waals surface area contributed by atoms with Gasteiger partial charge >= 0.3 is 0 Å². The SMILES string of the molecule is COc1cc(N)cc(C(=O)Nc2ncc(Br)s2)c1. The van der Waals surface area contributed by atoms with Crippen molar-refractivity contribution in [3.05, 3.63) is 33.7 Å². The zero-order chi connectivity index (χ0) is 13.1. The maximum absolute atomic E-state index is 12.0. The van der Waals surface area contributed by atoms with Gasteiger partial charge in [-0.15, -0.1) is 0 Å². The Hall–Kier alpha value is -1.60. The number of amides is 1. The Morgan fingerprint density at radius 2 is 2.28 bits per heavy atom. The predicted molar refractivity (Wildman–Crippen MR) is 75.2 cm³/mol. The number of hydrogen-bond acceptors (Lipinski definition) is 5. The Morgan fingerprint density at radius 3 is 2.89 bits per heavy atom. The number of hydrogen-bond donors (Lipinski definition) is 2. The summed E-state index contributed by atoms with van der Waals surface area (Å²) in [6, 6.07) is 4.85. The van der Waals surface area contributed by atoms with Gasteiger partial charge in [-0.05, 0) is 28.1 Å². The molecular weight excluding hydrogens is 318 g/mol. The molecule has 7 heteroatoms. The van der Waals surface area contributed by atoms with Gasteiger partial charge in [-0.3, -0.25) is 10.1 Å². The fourth-order valence-corrected chi connectivity index (χ4v) is 2.45. The number of rotatable bonds is 3. The topological polar surface area (TPSA) is 77.2 Å². The van der Waals surface area contributed by atoms with Crippen LogP contribution in [-0.4, -0.2) is 18.0 Å². The summed E-state index contributed by atoms with van der Waals surface area (Å²) in [6.07, 6.45) is 1.63. The first kappa shape index (κ1) is 12.8. The summed E-state index contributed by atoms with van der Waals surface area (Å²) in [4.78, 5) is 16.0. The molecule has 3 N–H and O–H groups in total. The van der Waals surface area contributed by atoms with Crippen LogP contribution in [0.4, 0.5) is 10.8 Å². The monoisotopic (exact) mass is 327 g/mol. The number of aromatic nitrogens is 1. The molecule has 2 aromatic rings. The van der Waals surface area contributed by atoms with Crippen LogP contribution >= 0.6 is 27.3 Å². The zero-order valence-corrected chi connectivity index (χ0v) is 11.8. The fraction of sp³-hybridized carbons (Fsp3) is 0.0909. The Balaban J connectivity index is 2.20. The number of thiazole rings is 1. The largest absolute Gasteiger partial charge is 0.497 e. The number of nitrogens with one attached hydrogen (secondary N) is 1. The molecule has 18 heavy (non-hydrogen) atoms. The van der Waals surface area contributed by atoms with E-state index in [1.807, 2.05) is 0 Å². The van der Waals surface area contributed by atoms with E-state index in [0.29, 0.717) is 22.1 Å². The third kappa shape index (κ3) is 2.99. The van der Waals surface area contributed by atoms with Gasteiger partial charge in [0.25, 0.3) is 5.91 Å². The minimum atomic E-state index is -0.276. The molecule has 0 spiro atoms. The Kier molecular flexibility index (Phi) is 3.83. The van der Waals surface area contributed by atoms with Gasteiger partial charge in [-0.2, -0.15) is 0 Å². The number of carbonyl (C=O) groups is 1. The van der Waals surface area contributed by atoms with Crippen molar-refractivity contribution in [3.8, 4) is 5.75 Å². The number of benzene rings is 1. The standard InChI is InChI=1S/C11H10BrN3O2S/c1-17-8-3-6(2-7(13)4-8)10(16)15-11-14-5-9(12)18-11/h2-5H,13H2,1H3,(H,14,15,16). The molecule has 2 rings (SSSR count). The summed E-state index contributed by atoms with van der Waals surface area (Å²) in [7, 11) is 1.52. The summed E-state index contributed by atoms with van der Waals surface area (Å²) < 4.78 is 5.91. The smallest absolute Gasteiger partial charge is 0.257 e. The molecule has 0 aliphatic rings. The van der Waals surface area contributed by atoms with Crippen molar-refractivity contribution in [2.24, 2.45) is 0 Å². The number of ether oxygens (including phenoxy) is 1. The molecule has 1 heterocycles. The number of carbonyl (C=O) groups excluding carboxylic acids is 1. The first-order valence-corrected chi connectivity index (χ1v) is 6.56. The lowest BCUT2D eigenvalue weighted by Crippen LogP contribution is -2.12. The second-order valence-electron chi connectivity index (χ2n) is 3.42. The molecule has 1 aromatic carbocycles. The van der Waals surface area contributed by atoms with Crippen LogP contribution in [0.25, 0.3) is 0 Å². The van der Waals surface area contributed by atoms with Crippen molar-refractivity contribution < 1.29 is 9.53 Å². The van der Waals surface area contributed by atoms with E-state index in [9.17, 15) is 4.79 Å². The molecule has 0 fully saturated rings. The highest BCUT2D eigenvalue weighted by atomic mass is 79.9. The van der Waals surface area contributed by atoms with Crippen molar-refractivity contribution in [3.63, 3.8) is 0 Å². The van der Waals surface area contributed by atoms with Crippen LogP contribution in [0.15, 0.2) is 28.2 Å². The summed E-state index contributed by atoms with van der Waals surface area (Å²) in [5.41, 5.74) is 6.59. The normalized spacial score (nSPS) is 10.1. The lowest BCUT2D eigenvalue weighted by molar-refractivity contribution is 0.102. The van der Waals surface area contributed by atoms with Gasteiger partial charge in [0.1, 0.15) is 5.75 Å². The third-order valence-corrected chi connectivity index (χ3v) is 3.52. The molecule has 0 unspecified atom stereocenters. The summed E-state index contributed by atoms with van der Waals surface area (Å²) in [5, 5.41) is 3.21. The number of nitrogen functional groups attached to an aromatic ring is 1. The van der Waals surface area contributed by atoms with E-state index >= 15 is 0 Å². The Labute approximate surface area is 116 Å². The van der Waals surface area contributed by atoms with Crippen molar-refractivity contribution in [1.29, 1.82) is 0 Å². The minimum absolute atomic E-state index is 0.276. The van der Waals surface area contributed by atoms with Gasteiger partial charge in [-0.1, -0.05) is 11.3 Å². The minimum Gasteiger partial charge on any atom is -0.497 e. The van der Waals surface area contributed by atoms with Crippen LogP contribution in [0.1, 0.15) is 10.4 Å². The van der Waals surface area contributed by atoms with Gasteiger partial charge in [0, 0.05) is 17.3 Å². The van der Waals surface area contributed by atoms with Crippen molar-refractivity contribution in [2.75, 3.05) is 18.2 Å². The molecule has 0 radical (unpaired) electrons.